The summed E-state index contributed by atoms with van der Waals surface area (Å²) in [6.07, 6.45) is 7.95. The topological polar surface area (TPSA) is 42.3 Å². The number of hydrogen-bond donors (Lipinski definition) is 1. The van der Waals surface area contributed by atoms with Crippen molar-refractivity contribution in [3.05, 3.63) is 48.0 Å². The summed E-state index contributed by atoms with van der Waals surface area (Å²) in [5.41, 5.74) is 1.85. The Balaban J connectivity index is 1.54. The van der Waals surface area contributed by atoms with Crippen molar-refractivity contribution in [2.45, 2.75) is 58.8 Å². The van der Waals surface area contributed by atoms with Gasteiger partial charge in [0.2, 0.25) is 0 Å². The standard InChI is InChI=1S/C22H32N4O/c1-3-25-13-12-24-21(25)17-26(20-15-22(20)8-10-23-11-9-22)16-18-6-5-7-19(14-18)27-4-2/h5-7,12-14,20,23H,3-4,8-11,15-17H2,1-2H3/t20-/m1/s1. The van der Waals surface area contributed by atoms with Crippen molar-refractivity contribution in [2.75, 3.05) is 19.7 Å². The molecule has 4 rings (SSSR count). The van der Waals surface area contributed by atoms with Gasteiger partial charge in [-0.3, -0.25) is 4.90 Å². The van der Waals surface area contributed by atoms with Crippen LogP contribution in [-0.2, 0) is 19.6 Å². The van der Waals surface area contributed by atoms with Crippen LogP contribution in [0.3, 0.4) is 0 Å². The van der Waals surface area contributed by atoms with E-state index in [1.54, 1.807) is 0 Å². The highest BCUT2D eigenvalue weighted by Gasteiger charge is 2.56. The molecule has 1 aromatic carbocycles. The number of rotatable bonds is 8. The molecule has 2 heterocycles. The maximum Gasteiger partial charge on any atom is 0.122 e. The summed E-state index contributed by atoms with van der Waals surface area (Å²) in [6, 6.07) is 9.24. The van der Waals surface area contributed by atoms with Crippen LogP contribution in [0.2, 0.25) is 0 Å². The van der Waals surface area contributed by atoms with Crippen LogP contribution in [0, 0.1) is 5.41 Å². The molecular weight excluding hydrogens is 336 g/mol. The van der Waals surface area contributed by atoms with Gasteiger partial charge >= 0.3 is 0 Å². The second-order valence-electron chi connectivity index (χ2n) is 7.95. The Morgan fingerprint density at radius 3 is 2.89 bits per heavy atom. The molecule has 0 unspecified atom stereocenters. The predicted octanol–water partition coefficient (Wildman–Crippen LogP) is 3.45. The molecule has 1 spiro atoms. The van der Waals surface area contributed by atoms with Crippen LogP contribution in [0.25, 0.3) is 0 Å². The number of nitrogens with zero attached hydrogens (tertiary/aromatic N) is 3. The van der Waals surface area contributed by atoms with Gasteiger partial charge < -0.3 is 14.6 Å². The molecule has 146 valence electrons. The van der Waals surface area contributed by atoms with Crippen molar-refractivity contribution < 1.29 is 4.74 Å². The zero-order chi connectivity index (χ0) is 18.7. The Bertz CT molecular complexity index is 750. The third kappa shape index (κ3) is 4.04. The first kappa shape index (κ1) is 18.5. The molecule has 2 fully saturated rings. The van der Waals surface area contributed by atoms with E-state index in [-0.39, 0.29) is 0 Å². The Hall–Kier alpha value is -1.85. The zero-order valence-corrected chi connectivity index (χ0v) is 16.7. The smallest absolute Gasteiger partial charge is 0.122 e. The van der Waals surface area contributed by atoms with E-state index in [1.165, 1.54) is 30.7 Å². The van der Waals surface area contributed by atoms with Gasteiger partial charge in [0.15, 0.2) is 0 Å². The molecule has 1 saturated heterocycles. The first-order chi connectivity index (χ1) is 13.2. The molecule has 1 aliphatic carbocycles. The van der Waals surface area contributed by atoms with Crippen LogP contribution < -0.4 is 10.1 Å². The molecule has 0 radical (unpaired) electrons. The molecule has 2 aromatic rings. The molecule has 1 atom stereocenters. The van der Waals surface area contributed by atoms with Gasteiger partial charge in [-0.15, -0.1) is 0 Å². The molecule has 27 heavy (non-hydrogen) atoms. The van der Waals surface area contributed by atoms with Crippen molar-refractivity contribution in [1.82, 2.24) is 19.8 Å². The van der Waals surface area contributed by atoms with E-state index in [9.17, 15) is 0 Å². The summed E-state index contributed by atoms with van der Waals surface area (Å²) in [5.74, 6) is 2.15. The lowest BCUT2D eigenvalue weighted by atomic mass is 9.93. The molecule has 0 bridgehead atoms. The van der Waals surface area contributed by atoms with Gasteiger partial charge in [0.25, 0.3) is 0 Å². The number of aromatic nitrogens is 2. The molecular formula is C22H32N4O. The van der Waals surface area contributed by atoms with Crippen LogP contribution in [0.5, 0.6) is 5.75 Å². The first-order valence-corrected chi connectivity index (χ1v) is 10.4. The van der Waals surface area contributed by atoms with Gasteiger partial charge in [-0.25, -0.2) is 4.98 Å². The fraction of sp³-hybridized carbons (Fsp3) is 0.591. The van der Waals surface area contributed by atoms with Gasteiger partial charge in [0.05, 0.1) is 13.2 Å². The van der Waals surface area contributed by atoms with E-state index in [0.29, 0.717) is 18.1 Å². The van der Waals surface area contributed by atoms with Crippen LogP contribution in [0.4, 0.5) is 0 Å². The van der Waals surface area contributed by atoms with Gasteiger partial charge in [0, 0.05) is 31.5 Å². The Labute approximate surface area is 162 Å². The third-order valence-corrected chi connectivity index (χ3v) is 6.27. The summed E-state index contributed by atoms with van der Waals surface area (Å²) in [5, 5.41) is 3.52. The largest absolute Gasteiger partial charge is 0.494 e. The summed E-state index contributed by atoms with van der Waals surface area (Å²) in [6.45, 7) is 10.1. The summed E-state index contributed by atoms with van der Waals surface area (Å²) >= 11 is 0. The summed E-state index contributed by atoms with van der Waals surface area (Å²) in [4.78, 5) is 7.30. The highest BCUT2D eigenvalue weighted by Crippen LogP contribution is 2.56. The molecule has 1 aromatic heterocycles. The van der Waals surface area contributed by atoms with E-state index in [1.807, 2.05) is 19.2 Å². The normalized spacial score (nSPS) is 20.9. The number of piperidine rings is 1. The van der Waals surface area contributed by atoms with E-state index >= 15 is 0 Å². The van der Waals surface area contributed by atoms with Crippen molar-refractivity contribution in [3.8, 4) is 5.75 Å². The number of ether oxygens (including phenoxy) is 1. The van der Waals surface area contributed by atoms with Gasteiger partial charge in [-0.1, -0.05) is 12.1 Å². The maximum atomic E-state index is 5.71. The molecule has 1 aliphatic heterocycles. The molecule has 5 nitrogen and oxygen atoms in total. The molecule has 1 saturated carbocycles. The quantitative estimate of drug-likeness (QED) is 0.775. The Morgan fingerprint density at radius 2 is 2.11 bits per heavy atom. The number of benzene rings is 1. The SMILES string of the molecule is CCOc1cccc(CN(Cc2nccn2CC)[C@@H]2CC23CCNCC3)c1. The highest BCUT2D eigenvalue weighted by molar-refractivity contribution is 5.29. The summed E-state index contributed by atoms with van der Waals surface area (Å²) < 4.78 is 7.98. The van der Waals surface area contributed by atoms with Crippen molar-refractivity contribution >= 4 is 0 Å². The van der Waals surface area contributed by atoms with E-state index < -0.39 is 0 Å². The zero-order valence-electron chi connectivity index (χ0n) is 16.7. The number of nitrogens with one attached hydrogen (secondary N) is 1. The van der Waals surface area contributed by atoms with Crippen molar-refractivity contribution in [1.29, 1.82) is 0 Å². The average molecular weight is 369 g/mol. The monoisotopic (exact) mass is 368 g/mol. The average Bonchev–Trinajstić information content (AvgIpc) is 3.17. The first-order valence-electron chi connectivity index (χ1n) is 10.4. The molecule has 0 amide bonds. The lowest BCUT2D eigenvalue weighted by Gasteiger charge is -2.29. The van der Waals surface area contributed by atoms with E-state index in [2.05, 4.69) is 51.1 Å². The molecule has 2 aliphatic rings. The minimum absolute atomic E-state index is 0.520. The molecule has 5 heteroatoms. The van der Waals surface area contributed by atoms with Gasteiger partial charge in [0.1, 0.15) is 11.6 Å². The van der Waals surface area contributed by atoms with Gasteiger partial charge in [-0.05, 0) is 69.3 Å². The third-order valence-electron chi connectivity index (χ3n) is 6.27. The van der Waals surface area contributed by atoms with E-state index in [0.717, 1.165) is 38.5 Å². The number of imidazole rings is 1. The van der Waals surface area contributed by atoms with Crippen LogP contribution in [0.1, 0.15) is 44.5 Å². The number of hydrogen-bond acceptors (Lipinski definition) is 4. The Kier molecular flexibility index (Phi) is 5.50. The van der Waals surface area contributed by atoms with Crippen LogP contribution in [0.15, 0.2) is 36.7 Å². The predicted molar refractivity (Wildman–Crippen MR) is 108 cm³/mol. The second-order valence-corrected chi connectivity index (χ2v) is 7.95. The fourth-order valence-corrected chi connectivity index (χ4v) is 4.68. The fourth-order valence-electron chi connectivity index (χ4n) is 4.68. The second kappa shape index (κ2) is 8.03. The Morgan fingerprint density at radius 1 is 1.26 bits per heavy atom. The lowest BCUT2D eigenvalue weighted by molar-refractivity contribution is 0.182. The van der Waals surface area contributed by atoms with Gasteiger partial charge in [-0.2, -0.15) is 0 Å². The van der Waals surface area contributed by atoms with Crippen molar-refractivity contribution in [2.24, 2.45) is 5.41 Å². The van der Waals surface area contributed by atoms with E-state index in [4.69, 9.17) is 4.74 Å². The minimum Gasteiger partial charge on any atom is -0.494 e. The number of aryl methyl sites for hydroxylation is 1. The van der Waals surface area contributed by atoms with Crippen LogP contribution in [-0.4, -0.2) is 40.2 Å². The minimum atomic E-state index is 0.520. The maximum absolute atomic E-state index is 5.71. The lowest BCUT2D eigenvalue weighted by Crippen LogP contribution is -2.36. The molecule has 1 N–H and O–H groups in total. The summed E-state index contributed by atoms with van der Waals surface area (Å²) in [7, 11) is 0. The van der Waals surface area contributed by atoms with Crippen LogP contribution >= 0.6 is 0 Å². The highest BCUT2D eigenvalue weighted by atomic mass is 16.5. The van der Waals surface area contributed by atoms with Crippen molar-refractivity contribution in [3.63, 3.8) is 0 Å².